The van der Waals surface area contributed by atoms with E-state index < -0.39 is 0 Å². The van der Waals surface area contributed by atoms with E-state index in [1.165, 1.54) is 5.39 Å². The van der Waals surface area contributed by atoms with E-state index in [2.05, 4.69) is 18.7 Å². The predicted molar refractivity (Wildman–Crippen MR) is 58.5 cm³/mol. The summed E-state index contributed by atoms with van der Waals surface area (Å²) in [6, 6.07) is 12.1. The zero-order chi connectivity index (χ0) is 9.26. The highest BCUT2D eigenvalue weighted by Crippen LogP contribution is 2.24. The smallest absolute Gasteiger partial charge is 0.0467 e. The maximum atomic E-state index is 5.96. The molecule has 0 saturated carbocycles. The van der Waals surface area contributed by atoms with Gasteiger partial charge in [0, 0.05) is 11.1 Å². The molecule has 0 heterocycles. The van der Waals surface area contributed by atoms with Gasteiger partial charge >= 0.3 is 0 Å². The Kier molecular flexibility index (Phi) is 1.78. The van der Waals surface area contributed by atoms with Crippen LogP contribution >= 0.6 is 0 Å². The Labute approximate surface area is 77.5 Å². The number of nitrogen functional groups attached to an aromatic ring is 1. The van der Waals surface area contributed by atoms with Crippen LogP contribution in [-0.2, 0) is 0 Å². The maximum Gasteiger partial charge on any atom is 0.0467 e. The molecule has 2 rings (SSSR count). The molecule has 2 aromatic rings. The van der Waals surface area contributed by atoms with Crippen molar-refractivity contribution in [3.63, 3.8) is 0 Å². The van der Waals surface area contributed by atoms with Crippen LogP contribution in [0, 0.1) is 0 Å². The molecule has 2 aromatic carbocycles. The zero-order valence-electron chi connectivity index (χ0n) is 7.33. The molecule has 0 aromatic heterocycles. The molecular weight excluding hydrogens is 158 g/mol. The summed E-state index contributed by atoms with van der Waals surface area (Å²) in [7, 11) is 0. The van der Waals surface area contributed by atoms with Crippen LogP contribution < -0.4 is 5.73 Å². The lowest BCUT2D eigenvalue weighted by atomic mass is 10.0. The summed E-state index contributed by atoms with van der Waals surface area (Å²) in [6.07, 6.45) is 1.78. The van der Waals surface area contributed by atoms with E-state index in [4.69, 9.17) is 5.73 Å². The molecule has 0 amide bonds. The molecule has 0 unspecified atom stereocenters. The molecular formula is C12H11N. The third-order valence-corrected chi connectivity index (χ3v) is 2.22. The molecule has 2 N–H and O–H groups in total. The fraction of sp³-hybridized carbons (Fsp3) is 0. The number of rotatable bonds is 1. The average molecular weight is 169 g/mol. The van der Waals surface area contributed by atoms with Gasteiger partial charge in [0.15, 0.2) is 0 Å². The molecule has 0 bridgehead atoms. The normalized spacial score (nSPS) is 10.2. The van der Waals surface area contributed by atoms with Gasteiger partial charge in [-0.05, 0) is 10.9 Å². The van der Waals surface area contributed by atoms with Gasteiger partial charge in [0.05, 0.1) is 0 Å². The van der Waals surface area contributed by atoms with Crippen molar-refractivity contribution in [2.24, 2.45) is 0 Å². The number of nitrogens with two attached hydrogens (primary N) is 1. The van der Waals surface area contributed by atoms with Crippen molar-refractivity contribution in [2.75, 3.05) is 5.73 Å². The van der Waals surface area contributed by atoms with Gasteiger partial charge < -0.3 is 5.73 Å². The summed E-state index contributed by atoms with van der Waals surface area (Å²) in [5.74, 6) is 0. The Balaban J connectivity index is 2.86. The monoisotopic (exact) mass is 169 g/mol. The number of benzene rings is 2. The quantitative estimate of drug-likeness (QED) is 0.652. The third-order valence-electron chi connectivity index (χ3n) is 2.22. The summed E-state index contributed by atoms with van der Waals surface area (Å²) in [5.41, 5.74) is 7.77. The molecule has 0 aliphatic rings. The molecule has 0 fully saturated rings. The van der Waals surface area contributed by atoms with Gasteiger partial charge in [-0.1, -0.05) is 49.1 Å². The van der Waals surface area contributed by atoms with E-state index in [0.29, 0.717) is 0 Å². The molecule has 13 heavy (non-hydrogen) atoms. The van der Waals surface area contributed by atoms with Crippen molar-refractivity contribution < 1.29 is 0 Å². The van der Waals surface area contributed by atoms with Crippen LogP contribution in [0.4, 0.5) is 5.69 Å². The average Bonchev–Trinajstić information content (AvgIpc) is 2.19. The maximum absolute atomic E-state index is 5.96. The molecule has 0 spiro atoms. The highest BCUT2D eigenvalue weighted by atomic mass is 14.6. The highest BCUT2D eigenvalue weighted by molar-refractivity contribution is 5.96. The van der Waals surface area contributed by atoms with Crippen molar-refractivity contribution in [2.45, 2.75) is 0 Å². The molecule has 0 atom stereocenters. The summed E-state index contributed by atoms with van der Waals surface area (Å²) in [5, 5.41) is 2.27. The van der Waals surface area contributed by atoms with E-state index in [1.807, 2.05) is 24.3 Å². The first-order chi connectivity index (χ1) is 6.33. The van der Waals surface area contributed by atoms with Crippen molar-refractivity contribution in [1.82, 2.24) is 0 Å². The largest absolute Gasteiger partial charge is 0.398 e. The van der Waals surface area contributed by atoms with Gasteiger partial charge in [-0.25, -0.2) is 0 Å². The second kappa shape index (κ2) is 2.94. The lowest BCUT2D eigenvalue weighted by Crippen LogP contribution is -1.90. The van der Waals surface area contributed by atoms with Crippen LogP contribution in [0.1, 0.15) is 5.56 Å². The van der Waals surface area contributed by atoms with Gasteiger partial charge in [-0.2, -0.15) is 0 Å². The van der Waals surface area contributed by atoms with Gasteiger partial charge in [0.25, 0.3) is 0 Å². The number of anilines is 1. The summed E-state index contributed by atoms with van der Waals surface area (Å²) in [6.45, 7) is 3.72. The second-order valence-corrected chi connectivity index (χ2v) is 2.99. The van der Waals surface area contributed by atoms with Gasteiger partial charge in [-0.15, -0.1) is 0 Å². The fourth-order valence-electron chi connectivity index (χ4n) is 1.49. The number of hydrogen-bond acceptors (Lipinski definition) is 1. The predicted octanol–water partition coefficient (Wildman–Crippen LogP) is 3.07. The number of fused-ring (bicyclic) bond motifs is 1. The van der Waals surface area contributed by atoms with Gasteiger partial charge in [-0.3, -0.25) is 0 Å². The van der Waals surface area contributed by atoms with Crippen LogP contribution in [0.5, 0.6) is 0 Å². The van der Waals surface area contributed by atoms with E-state index in [1.54, 1.807) is 6.08 Å². The van der Waals surface area contributed by atoms with Crippen LogP contribution in [-0.4, -0.2) is 0 Å². The third kappa shape index (κ3) is 1.18. The summed E-state index contributed by atoms with van der Waals surface area (Å²) < 4.78 is 0. The van der Waals surface area contributed by atoms with Crippen LogP contribution in [0.2, 0.25) is 0 Å². The Morgan fingerprint density at radius 3 is 2.62 bits per heavy atom. The van der Waals surface area contributed by atoms with Crippen molar-refractivity contribution >= 4 is 22.5 Å². The van der Waals surface area contributed by atoms with Gasteiger partial charge in [0.1, 0.15) is 0 Å². The molecule has 64 valence electrons. The molecule has 1 heteroatoms. The SMILES string of the molecule is C=Cc1ccc2ccccc2c1N. The molecule has 0 aliphatic heterocycles. The summed E-state index contributed by atoms with van der Waals surface area (Å²) in [4.78, 5) is 0. The molecule has 1 nitrogen and oxygen atoms in total. The lowest BCUT2D eigenvalue weighted by molar-refractivity contribution is 1.69. The number of hydrogen-bond donors (Lipinski definition) is 1. The topological polar surface area (TPSA) is 26.0 Å². The molecule has 0 saturated heterocycles. The lowest BCUT2D eigenvalue weighted by Gasteiger charge is -2.04. The first-order valence-corrected chi connectivity index (χ1v) is 4.22. The standard InChI is InChI=1S/C12H11N/c1-2-9-7-8-10-5-3-4-6-11(10)12(9)13/h2-8H,1,13H2. The zero-order valence-corrected chi connectivity index (χ0v) is 7.33. The van der Waals surface area contributed by atoms with E-state index in [-0.39, 0.29) is 0 Å². The van der Waals surface area contributed by atoms with Crippen molar-refractivity contribution in [1.29, 1.82) is 0 Å². The first-order valence-electron chi connectivity index (χ1n) is 4.22. The Bertz CT molecular complexity index is 458. The minimum absolute atomic E-state index is 0.813. The first kappa shape index (κ1) is 7.87. The van der Waals surface area contributed by atoms with E-state index in [0.717, 1.165) is 16.6 Å². The van der Waals surface area contributed by atoms with Gasteiger partial charge in [0.2, 0.25) is 0 Å². The Morgan fingerprint density at radius 2 is 1.85 bits per heavy atom. The Morgan fingerprint density at radius 1 is 1.08 bits per heavy atom. The second-order valence-electron chi connectivity index (χ2n) is 2.99. The van der Waals surface area contributed by atoms with Crippen molar-refractivity contribution in [3.8, 4) is 0 Å². The molecule has 0 aliphatic carbocycles. The fourth-order valence-corrected chi connectivity index (χ4v) is 1.49. The minimum atomic E-state index is 0.813. The van der Waals surface area contributed by atoms with E-state index >= 15 is 0 Å². The van der Waals surface area contributed by atoms with E-state index in [9.17, 15) is 0 Å². The Hall–Kier alpha value is -1.76. The molecule has 0 radical (unpaired) electrons. The minimum Gasteiger partial charge on any atom is -0.398 e. The van der Waals surface area contributed by atoms with Crippen LogP contribution in [0.15, 0.2) is 43.0 Å². The highest BCUT2D eigenvalue weighted by Gasteiger charge is 1.99. The van der Waals surface area contributed by atoms with Crippen LogP contribution in [0.25, 0.3) is 16.8 Å². The van der Waals surface area contributed by atoms with Crippen LogP contribution in [0.3, 0.4) is 0 Å². The summed E-state index contributed by atoms with van der Waals surface area (Å²) >= 11 is 0. The van der Waals surface area contributed by atoms with Crippen molar-refractivity contribution in [3.05, 3.63) is 48.5 Å².